The number of rotatable bonds is 4. The van der Waals surface area contributed by atoms with Gasteiger partial charge < -0.3 is 4.79 Å². The molecule has 1 nitrogen and oxygen atoms in total. The molecular weight excluding hydrogens is 220 g/mol. The smallest absolute Gasteiger partial charge is 0.134 e. The number of hydrogen-bond donors (Lipinski definition) is 0. The van der Waals surface area contributed by atoms with E-state index < -0.39 is 5.41 Å². The molecule has 0 amide bonds. The molecule has 0 aromatic heterocycles. The van der Waals surface area contributed by atoms with Gasteiger partial charge in [0.05, 0.1) is 5.41 Å². The summed E-state index contributed by atoms with van der Waals surface area (Å²) in [5.74, 6) is 0. The second-order valence-corrected chi connectivity index (χ2v) is 4.51. The van der Waals surface area contributed by atoms with Gasteiger partial charge in [0.2, 0.25) is 0 Å². The summed E-state index contributed by atoms with van der Waals surface area (Å²) in [7, 11) is 0. The van der Waals surface area contributed by atoms with Crippen LogP contribution in [0.15, 0.2) is 66.7 Å². The monoisotopic (exact) mass is 236 g/mol. The largest absolute Gasteiger partial charge is 0.302 e. The molecule has 0 fully saturated rings. The summed E-state index contributed by atoms with van der Waals surface area (Å²) in [5, 5.41) is 0. The van der Waals surface area contributed by atoms with Crippen molar-refractivity contribution in [3.8, 4) is 0 Å². The highest BCUT2D eigenvalue weighted by Crippen LogP contribution is 2.23. The Hall–Kier alpha value is -2.15. The van der Waals surface area contributed by atoms with Gasteiger partial charge in [-0.25, -0.2) is 0 Å². The quantitative estimate of drug-likeness (QED) is 0.737. The molecule has 18 heavy (non-hydrogen) atoms. The minimum absolute atomic E-state index is 0.572. The highest BCUT2D eigenvalue weighted by Gasteiger charge is 2.21. The van der Waals surface area contributed by atoms with Gasteiger partial charge in [0, 0.05) is 0 Å². The highest BCUT2D eigenvalue weighted by molar-refractivity contribution is 5.74. The van der Waals surface area contributed by atoms with Crippen molar-refractivity contribution in [1.29, 1.82) is 0 Å². The third kappa shape index (κ3) is 2.75. The maximum Gasteiger partial charge on any atom is 0.134 e. The van der Waals surface area contributed by atoms with Crippen molar-refractivity contribution in [1.82, 2.24) is 0 Å². The maximum absolute atomic E-state index is 11.4. The van der Waals surface area contributed by atoms with Gasteiger partial charge in [-0.1, -0.05) is 72.8 Å². The van der Waals surface area contributed by atoms with E-state index in [0.717, 1.165) is 17.4 Å². The Morgan fingerprint density at radius 1 is 0.889 bits per heavy atom. The van der Waals surface area contributed by atoms with E-state index in [1.165, 1.54) is 0 Å². The zero-order chi connectivity index (χ0) is 12.8. The molecular formula is C17H16O. The summed E-state index contributed by atoms with van der Waals surface area (Å²) in [6, 6.07) is 19.8. The number of carbonyl (C=O) groups excluding carboxylic acids is 1. The van der Waals surface area contributed by atoms with Crippen LogP contribution in [0.3, 0.4) is 0 Å². The maximum atomic E-state index is 11.4. The topological polar surface area (TPSA) is 17.1 Å². The molecule has 1 atom stereocenters. The van der Waals surface area contributed by atoms with Crippen molar-refractivity contribution >= 4 is 12.4 Å². The van der Waals surface area contributed by atoms with E-state index in [2.05, 4.69) is 0 Å². The molecule has 1 unspecified atom stereocenters. The molecule has 0 aliphatic carbocycles. The molecule has 0 N–H and O–H groups in total. The van der Waals surface area contributed by atoms with Crippen LogP contribution in [0.1, 0.15) is 18.1 Å². The van der Waals surface area contributed by atoms with E-state index >= 15 is 0 Å². The van der Waals surface area contributed by atoms with E-state index in [1.807, 2.05) is 79.7 Å². The molecule has 0 bridgehead atoms. The standard InChI is InChI=1S/C17H16O/c1-17(14-18,16-10-6-3-7-11-16)13-12-15-8-4-2-5-9-15/h2-14H,1H3. The fourth-order valence-corrected chi connectivity index (χ4v) is 1.83. The number of allylic oxidation sites excluding steroid dienone is 1. The minimum atomic E-state index is -0.572. The van der Waals surface area contributed by atoms with Crippen molar-refractivity contribution in [2.75, 3.05) is 0 Å². The Balaban J connectivity index is 2.29. The van der Waals surface area contributed by atoms with Crippen LogP contribution in [0.5, 0.6) is 0 Å². The van der Waals surface area contributed by atoms with E-state index in [9.17, 15) is 4.79 Å². The number of aldehydes is 1. The molecule has 0 radical (unpaired) electrons. The van der Waals surface area contributed by atoms with E-state index in [0.29, 0.717) is 0 Å². The number of carbonyl (C=O) groups is 1. The Kier molecular flexibility index (Phi) is 3.73. The van der Waals surface area contributed by atoms with Crippen molar-refractivity contribution in [2.45, 2.75) is 12.3 Å². The zero-order valence-electron chi connectivity index (χ0n) is 10.4. The molecule has 0 heterocycles. The Bertz CT molecular complexity index is 528. The molecule has 2 aromatic rings. The molecule has 0 saturated heterocycles. The summed E-state index contributed by atoms with van der Waals surface area (Å²) in [6.07, 6.45) is 4.92. The minimum Gasteiger partial charge on any atom is -0.302 e. The molecule has 1 heteroatoms. The molecule has 0 spiro atoms. The summed E-state index contributed by atoms with van der Waals surface area (Å²) in [6.45, 7) is 1.93. The molecule has 2 aromatic carbocycles. The van der Waals surface area contributed by atoms with Gasteiger partial charge in [-0.15, -0.1) is 0 Å². The fourth-order valence-electron chi connectivity index (χ4n) is 1.83. The van der Waals surface area contributed by atoms with Crippen LogP contribution in [-0.2, 0) is 10.2 Å². The van der Waals surface area contributed by atoms with Crippen LogP contribution in [0.2, 0.25) is 0 Å². The third-order valence-electron chi connectivity index (χ3n) is 3.06. The molecule has 2 rings (SSSR count). The van der Waals surface area contributed by atoms with Gasteiger partial charge in [-0.2, -0.15) is 0 Å². The van der Waals surface area contributed by atoms with Crippen molar-refractivity contribution in [3.63, 3.8) is 0 Å². The first-order valence-corrected chi connectivity index (χ1v) is 6.01. The first-order chi connectivity index (χ1) is 8.74. The van der Waals surface area contributed by atoms with E-state index in [-0.39, 0.29) is 0 Å². The Morgan fingerprint density at radius 3 is 2.00 bits per heavy atom. The van der Waals surface area contributed by atoms with Crippen LogP contribution in [0.4, 0.5) is 0 Å². The lowest BCUT2D eigenvalue weighted by molar-refractivity contribution is -0.110. The predicted molar refractivity (Wildman–Crippen MR) is 75.3 cm³/mol. The highest BCUT2D eigenvalue weighted by atomic mass is 16.1. The van der Waals surface area contributed by atoms with Crippen LogP contribution in [0.25, 0.3) is 6.08 Å². The van der Waals surface area contributed by atoms with Crippen molar-refractivity contribution < 1.29 is 4.79 Å². The lowest BCUT2D eigenvalue weighted by atomic mass is 9.83. The first kappa shape index (κ1) is 12.3. The van der Waals surface area contributed by atoms with Gasteiger partial charge in [0.15, 0.2) is 0 Å². The first-order valence-electron chi connectivity index (χ1n) is 6.01. The van der Waals surface area contributed by atoms with E-state index in [1.54, 1.807) is 0 Å². The average Bonchev–Trinajstić information content (AvgIpc) is 2.47. The SMILES string of the molecule is CC(C=O)(C=Cc1ccccc1)c1ccccc1. The molecule has 0 aliphatic heterocycles. The summed E-state index contributed by atoms with van der Waals surface area (Å²) in [5.41, 5.74) is 1.53. The second kappa shape index (κ2) is 5.46. The van der Waals surface area contributed by atoms with Gasteiger partial charge in [-0.3, -0.25) is 0 Å². The van der Waals surface area contributed by atoms with Crippen LogP contribution < -0.4 is 0 Å². The summed E-state index contributed by atoms with van der Waals surface area (Å²) >= 11 is 0. The average molecular weight is 236 g/mol. The Morgan fingerprint density at radius 2 is 1.44 bits per heavy atom. The molecule has 90 valence electrons. The second-order valence-electron chi connectivity index (χ2n) is 4.51. The van der Waals surface area contributed by atoms with Crippen LogP contribution >= 0.6 is 0 Å². The van der Waals surface area contributed by atoms with Crippen molar-refractivity contribution in [3.05, 3.63) is 77.9 Å². The lowest BCUT2D eigenvalue weighted by Crippen LogP contribution is -2.20. The third-order valence-corrected chi connectivity index (χ3v) is 3.06. The summed E-state index contributed by atoms with van der Waals surface area (Å²) < 4.78 is 0. The van der Waals surface area contributed by atoms with E-state index in [4.69, 9.17) is 0 Å². The number of benzene rings is 2. The molecule has 0 saturated carbocycles. The Labute approximate surface area is 108 Å². The van der Waals surface area contributed by atoms with Gasteiger partial charge >= 0.3 is 0 Å². The number of hydrogen-bond acceptors (Lipinski definition) is 1. The van der Waals surface area contributed by atoms with Crippen LogP contribution in [-0.4, -0.2) is 6.29 Å². The van der Waals surface area contributed by atoms with Gasteiger partial charge in [0.25, 0.3) is 0 Å². The lowest BCUT2D eigenvalue weighted by Gasteiger charge is -2.19. The summed E-state index contributed by atoms with van der Waals surface area (Å²) in [4.78, 5) is 11.4. The van der Waals surface area contributed by atoms with Crippen molar-refractivity contribution in [2.24, 2.45) is 0 Å². The zero-order valence-corrected chi connectivity index (χ0v) is 10.4. The molecule has 0 aliphatic rings. The van der Waals surface area contributed by atoms with Gasteiger partial charge in [0.1, 0.15) is 6.29 Å². The fraction of sp³-hybridized carbons (Fsp3) is 0.118. The predicted octanol–water partition coefficient (Wildman–Crippen LogP) is 3.86. The normalized spacial score (nSPS) is 14.3. The van der Waals surface area contributed by atoms with Gasteiger partial charge in [-0.05, 0) is 18.1 Å². The van der Waals surface area contributed by atoms with Crippen LogP contribution in [0, 0.1) is 0 Å².